The zero-order chi connectivity index (χ0) is 28.0. The topological polar surface area (TPSA) is 82.6 Å². The highest BCUT2D eigenvalue weighted by Crippen LogP contribution is 2.46. The van der Waals surface area contributed by atoms with Gasteiger partial charge in [0.25, 0.3) is 5.91 Å². The fourth-order valence-electron chi connectivity index (χ4n) is 5.49. The summed E-state index contributed by atoms with van der Waals surface area (Å²) in [6, 6.07) is 14.9. The third kappa shape index (κ3) is 5.23. The van der Waals surface area contributed by atoms with Crippen molar-refractivity contribution in [3.05, 3.63) is 64.5 Å². The molecule has 0 atom stereocenters. The van der Waals surface area contributed by atoms with Gasteiger partial charge in [-0.2, -0.15) is 4.31 Å². The number of aromatic nitrogens is 1. The molecule has 6 rings (SSSR count). The van der Waals surface area contributed by atoms with Crippen LogP contribution >= 0.6 is 22.7 Å². The van der Waals surface area contributed by atoms with E-state index in [0.29, 0.717) is 30.6 Å². The number of thiazole rings is 1. The molecule has 1 N–H and O–H groups in total. The summed E-state index contributed by atoms with van der Waals surface area (Å²) in [5.41, 5.74) is 3.68. The van der Waals surface area contributed by atoms with E-state index in [1.165, 1.54) is 10.4 Å². The number of sulfonamides is 1. The molecular weight excluding hydrogens is 561 g/mol. The molecule has 2 aliphatic rings. The normalized spacial score (nSPS) is 17.4. The van der Waals surface area contributed by atoms with Gasteiger partial charge in [0, 0.05) is 48.2 Å². The lowest BCUT2D eigenvalue weighted by molar-refractivity contribution is 0.102. The Hall–Kier alpha value is -2.63. The standard InChI is InChI=1S/C30H34N4O3S3/c1-19(2)33-15-14-23-26(18-33)39-30(27(23)29-31-24-6-4-5-7-25(24)38-29)32-28(35)21-8-10-22(11-9-21)40(36,37)34-16-12-20(3)13-17-34/h4-11,19-20H,12-18H2,1-3H3,(H,32,35). The molecule has 0 spiro atoms. The van der Waals surface area contributed by atoms with E-state index in [9.17, 15) is 13.2 Å². The number of nitrogens with zero attached hydrogens (tertiary/aromatic N) is 3. The number of benzene rings is 2. The van der Waals surface area contributed by atoms with Gasteiger partial charge in [-0.1, -0.05) is 19.1 Å². The van der Waals surface area contributed by atoms with Gasteiger partial charge in [-0.15, -0.1) is 22.7 Å². The molecule has 7 nitrogen and oxygen atoms in total. The van der Waals surface area contributed by atoms with Gasteiger partial charge in [0.15, 0.2) is 0 Å². The van der Waals surface area contributed by atoms with Gasteiger partial charge in [0.05, 0.1) is 15.1 Å². The number of rotatable bonds is 6. The predicted octanol–water partition coefficient (Wildman–Crippen LogP) is 6.46. The molecule has 1 fully saturated rings. The van der Waals surface area contributed by atoms with Crippen LogP contribution in [0.5, 0.6) is 0 Å². The van der Waals surface area contributed by atoms with Gasteiger partial charge in [-0.3, -0.25) is 9.69 Å². The second-order valence-electron chi connectivity index (χ2n) is 11.1. The number of fused-ring (bicyclic) bond motifs is 2. The molecule has 210 valence electrons. The Kier molecular flexibility index (Phi) is 7.56. The van der Waals surface area contributed by atoms with Crippen LogP contribution in [0.25, 0.3) is 20.8 Å². The number of thiophene rings is 1. The summed E-state index contributed by atoms with van der Waals surface area (Å²) < 4.78 is 29.0. The number of piperidine rings is 1. The minimum absolute atomic E-state index is 0.231. The van der Waals surface area contributed by atoms with E-state index in [0.717, 1.165) is 58.1 Å². The Balaban J connectivity index is 1.29. The molecule has 1 saturated heterocycles. The van der Waals surface area contributed by atoms with Crippen molar-refractivity contribution < 1.29 is 13.2 Å². The third-order valence-corrected chi connectivity index (χ3v) is 12.1. The van der Waals surface area contributed by atoms with Gasteiger partial charge >= 0.3 is 0 Å². The Labute approximate surface area is 243 Å². The maximum absolute atomic E-state index is 13.5. The molecular formula is C30H34N4O3S3. The Morgan fingerprint density at radius 2 is 1.75 bits per heavy atom. The highest BCUT2D eigenvalue weighted by Gasteiger charge is 2.30. The average molecular weight is 595 g/mol. The maximum Gasteiger partial charge on any atom is 0.256 e. The summed E-state index contributed by atoms with van der Waals surface area (Å²) >= 11 is 3.28. The van der Waals surface area contributed by atoms with Gasteiger partial charge in [-0.05, 0) is 81.0 Å². The van der Waals surface area contributed by atoms with Crippen LogP contribution in [0.2, 0.25) is 0 Å². The first-order valence-corrected chi connectivity index (χ1v) is 16.9. The highest BCUT2D eigenvalue weighted by molar-refractivity contribution is 7.89. The molecule has 4 heterocycles. The minimum Gasteiger partial charge on any atom is -0.313 e. The van der Waals surface area contributed by atoms with Crippen LogP contribution in [0, 0.1) is 5.92 Å². The SMILES string of the molecule is CC1CCN(S(=O)(=O)c2ccc(C(=O)Nc3sc4c(c3-c3nc5ccccc5s3)CCN(C(C)C)C4)cc2)CC1. The number of para-hydroxylation sites is 1. The van der Waals surface area contributed by atoms with Gasteiger partial charge < -0.3 is 5.32 Å². The van der Waals surface area contributed by atoms with E-state index in [4.69, 9.17) is 4.98 Å². The molecule has 2 aliphatic heterocycles. The molecule has 0 radical (unpaired) electrons. The number of amides is 1. The molecule has 0 bridgehead atoms. The maximum atomic E-state index is 13.5. The first kappa shape index (κ1) is 27.5. The van der Waals surface area contributed by atoms with Crippen molar-refractivity contribution >= 4 is 53.8 Å². The molecule has 1 amide bonds. The van der Waals surface area contributed by atoms with E-state index < -0.39 is 10.0 Å². The second-order valence-corrected chi connectivity index (χ2v) is 15.1. The summed E-state index contributed by atoms with van der Waals surface area (Å²) in [6.45, 7) is 9.49. The number of carbonyl (C=O) groups excluding carboxylic acids is 1. The average Bonchev–Trinajstić information content (AvgIpc) is 3.53. The largest absolute Gasteiger partial charge is 0.313 e. The van der Waals surface area contributed by atoms with Crippen molar-refractivity contribution in [2.75, 3.05) is 25.0 Å². The summed E-state index contributed by atoms with van der Waals surface area (Å²) in [5.74, 6) is 0.291. The summed E-state index contributed by atoms with van der Waals surface area (Å²) in [6.07, 6.45) is 2.65. The zero-order valence-corrected chi connectivity index (χ0v) is 25.5. The van der Waals surface area contributed by atoms with Crippen LogP contribution in [0.15, 0.2) is 53.4 Å². The first-order chi connectivity index (χ1) is 19.2. The van der Waals surface area contributed by atoms with Gasteiger partial charge in [0.2, 0.25) is 10.0 Å². The second kappa shape index (κ2) is 11.0. The molecule has 40 heavy (non-hydrogen) atoms. The summed E-state index contributed by atoms with van der Waals surface area (Å²) in [5, 5.41) is 4.89. The van der Waals surface area contributed by atoms with Crippen LogP contribution in [-0.2, 0) is 23.0 Å². The lowest BCUT2D eigenvalue weighted by atomic mass is 10.0. The molecule has 10 heteroatoms. The van der Waals surface area contributed by atoms with Crippen LogP contribution < -0.4 is 5.32 Å². The molecule has 4 aromatic rings. The molecule has 0 aliphatic carbocycles. The van der Waals surface area contributed by atoms with Crippen molar-refractivity contribution in [1.29, 1.82) is 0 Å². The number of carbonyl (C=O) groups is 1. The van der Waals surface area contributed by atoms with E-state index in [1.807, 2.05) is 18.2 Å². The Morgan fingerprint density at radius 3 is 2.45 bits per heavy atom. The van der Waals surface area contributed by atoms with Crippen molar-refractivity contribution in [3.8, 4) is 10.6 Å². The van der Waals surface area contributed by atoms with E-state index in [-0.39, 0.29) is 10.8 Å². The number of hydrogen-bond donors (Lipinski definition) is 1. The molecule has 0 unspecified atom stereocenters. The fraction of sp³-hybridized carbons (Fsp3) is 0.400. The minimum atomic E-state index is -3.56. The predicted molar refractivity (Wildman–Crippen MR) is 164 cm³/mol. The number of nitrogens with one attached hydrogen (secondary N) is 1. The van der Waals surface area contributed by atoms with Crippen molar-refractivity contribution in [1.82, 2.24) is 14.2 Å². The van der Waals surface area contributed by atoms with Crippen molar-refractivity contribution in [2.24, 2.45) is 5.92 Å². The monoisotopic (exact) mass is 594 g/mol. The molecule has 0 saturated carbocycles. The smallest absolute Gasteiger partial charge is 0.256 e. The fourth-order valence-corrected chi connectivity index (χ4v) is 9.33. The van der Waals surface area contributed by atoms with Crippen LogP contribution in [0.1, 0.15) is 54.4 Å². The number of anilines is 1. The molecule has 2 aromatic heterocycles. The summed E-state index contributed by atoms with van der Waals surface area (Å²) in [4.78, 5) is 22.3. The van der Waals surface area contributed by atoms with E-state index in [1.54, 1.807) is 51.2 Å². The molecule has 2 aromatic carbocycles. The third-order valence-electron chi connectivity index (χ3n) is 8.05. The zero-order valence-electron chi connectivity index (χ0n) is 23.0. The number of hydrogen-bond acceptors (Lipinski definition) is 7. The van der Waals surface area contributed by atoms with Gasteiger partial charge in [-0.25, -0.2) is 13.4 Å². The Morgan fingerprint density at radius 1 is 1.02 bits per heavy atom. The quantitative estimate of drug-likeness (QED) is 0.277. The van der Waals surface area contributed by atoms with Crippen molar-refractivity contribution in [3.63, 3.8) is 0 Å². The van der Waals surface area contributed by atoms with Crippen molar-refractivity contribution in [2.45, 2.75) is 57.5 Å². The van der Waals surface area contributed by atoms with E-state index >= 15 is 0 Å². The van der Waals surface area contributed by atoms with Crippen LogP contribution in [0.3, 0.4) is 0 Å². The lowest BCUT2D eigenvalue weighted by Crippen LogP contribution is -2.37. The summed E-state index contributed by atoms with van der Waals surface area (Å²) in [7, 11) is -3.56. The van der Waals surface area contributed by atoms with Crippen LogP contribution in [0.4, 0.5) is 5.00 Å². The van der Waals surface area contributed by atoms with E-state index in [2.05, 4.69) is 37.1 Å². The highest BCUT2D eigenvalue weighted by atomic mass is 32.2. The van der Waals surface area contributed by atoms with Crippen LogP contribution in [-0.4, -0.2) is 54.2 Å². The lowest BCUT2D eigenvalue weighted by Gasteiger charge is -2.30. The Bertz CT molecular complexity index is 1620. The first-order valence-electron chi connectivity index (χ1n) is 13.9. The van der Waals surface area contributed by atoms with Gasteiger partial charge in [0.1, 0.15) is 10.0 Å².